The predicted octanol–water partition coefficient (Wildman–Crippen LogP) is 4.52. The number of nitrogens with one attached hydrogen (secondary N) is 2. The molecule has 3 rings (SSSR count). The number of hydrogen-bond donors (Lipinski definition) is 2. The van der Waals surface area contributed by atoms with Crippen molar-refractivity contribution in [3.05, 3.63) is 74.5 Å². The van der Waals surface area contributed by atoms with Gasteiger partial charge in [0.2, 0.25) is 0 Å². The number of fused-ring (bicyclic) bond motifs is 1. The summed E-state index contributed by atoms with van der Waals surface area (Å²) in [6.07, 6.45) is 7.39. The number of hydrazine groups is 1. The summed E-state index contributed by atoms with van der Waals surface area (Å²) >= 11 is 0. The highest BCUT2D eigenvalue weighted by molar-refractivity contribution is 6.15. The third-order valence-electron chi connectivity index (χ3n) is 6.60. The van der Waals surface area contributed by atoms with E-state index in [4.69, 9.17) is 5.41 Å². The summed E-state index contributed by atoms with van der Waals surface area (Å²) in [5.74, 6) is 0. The molecule has 3 fully saturated rings. The highest BCUT2D eigenvalue weighted by Crippen LogP contribution is 2.58. The van der Waals surface area contributed by atoms with Crippen LogP contribution in [0.15, 0.2) is 74.5 Å². The van der Waals surface area contributed by atoms with Crippen molar-refractivity contribution in [1.82, 2.24) is 15.3 Å². The van der Waals surface area contributed by atoms with Gasteiger partial charge in [-0.05, 0) is 40.5 Å². The molecule has 3 aliphatic rings. The van der Waals surface area contributed by atoms with E-state index in [0.717, 1.165) is 18.5 Å². The summed E-state index contributed by atoms with van der Waals surface area (Å²) in [5, 5.41) is 16.8. The lowest BCUT2D eigenvalue weighted by Gasteiger charge is -2.72. The van der Waals surface area contributed by atoms with Crippen LogP contribution in [-0.4, -0.2) is 43.9 Å². The molecule has 3 saturated heterocycles. The molecule has 0 saturated carbocycles. The Balaban J connectivity index is 2.17. The summed E-state index contributed by atoms with van der Waals surface area (Å²) in [6, 6.07) is 0.235. The zero-order chi connectivity index (χ0) is 21.3. The van der Waals surface area contributed by atoms with Gasteiger partial charge in [-0.3, -0.25) is 0 Å². The second-order valence-corrected chi connectivity index (χ2v) is 9.59. The molecule has 1 atom stereocenters. The molecule has 28 heavy (non-hydrogen) atoms. The SMILES string of the molecule is C=CC1(C=C)C(=C)C(=N)C(=C)C2(C=C)C(=C)N(C3CC(C)(C)NC(C)(C)C3)N12. The van der Waals surface area contributed by atoms with Gasteiger partial charge in [-0.25, -0.2) is 0 Å². The minimum atomic E-state index is -0.785. The van der Waals surface area contributed by atoms with Crippen LogP contribution in [0, 0.1) is 5.41 Å². The van der Waals surface area contributed by atoms with Crippen molar-refractivity contribution in [2.45, 2.75) is 68.7 Å². The van der Waals surface area contributed by atoms with Crippen molar-refractivity contribution in [3.8, 4) is 0 Å². The normalized spacial score (nSPS) is 31.8. The molecule has 4 heteroatoms. The number of nitrogens with zero attached hydrogens (tertiary/aromatic N) is 2. The van der Waals surface area contributed by atoms with E-state index >= 15 is 0 Å². The quantitative estimate of drug-likeness (QED) is 0.707. The van der Waals surface area contributed by atoms with Crippen molar-refractivity contribution in [2.24, 2.45) is 0 Å². The first-order valence-electron chi connectivity index (χ1n) is 9.80. The Bertz CT molecular complexity index is 770. The standard InChI is InChI=1S/C24H34N4/c1-11-23(12-2)16(4)20(25)17(5)24(13-3)18(6)27(28(23)24)19-14-21(7,8)26-22(9,10)15-19/h11-13,19,25-26H,1-6,14-15H2,7-10H3. The lowest BCUT2D eigenvalue weighted by molar-refractivity contribution is -0.201. The first-order chi connectivity index (χ1) is 12.8. The van der Waals surface area contributed by atoms with Crippen LogP contribution in [-0.2, 0) is 0 Å². The maximum absolute atomic E-state index is 8.63. The summed E-state index contributed by atoms with van der Waals surface area (Å²) < 4.78 is 0. The molecule has 0 aromatic heterocycles. The first-order valence-corrected chi connectivity index (χ1v) is 9.80. The summed E-state index contributed by atoms with van der Waals surface area (Å²) in [5.41, 5.74) is 0.970. The van der Waals surface area contributed by atoms with Crippen LogP contribution in [0.3, 0.4) is 0 Å². The van der Waals surface area contributed by atoms with Gasteiger partial charge in [0.25, 0.3) is 0 Å². The van der Waals surface area contributed by atoms with Gasteiger partial charge >= 0.3 is 0 Å². The topological polar surface area (TPSA) is 42.4 Å². The first kappa shape index (κ1) is 20.6. The predicted molar refractivity (Wildman–Crippen MR) is 119 cm³/mol. The van der Waals surface area contributed by atoms with Crippen LogP contribution in [0.4, 0.5) is 0 Å². The molecule has 0 aliphatic carbocycles. The highest BCUT2D eigenvalue weighted by atomic mass is 15.8. The van der Waals surface area contributed by atoms with E-state index in [1.807, 2.05) is 18.2 Å². The lowest BCUT2D eigenvalue weighted by Crippen LogP contribution is -2.83. The largest absolute Gasteiger partial charge is 0.307 e. The Kier molecular flexibility index (Phi) is 4.34. The minimum absolute atomic E-state index is 0.0132. The third kappa shape index (κ3) is 2.34. The fourth-order valence-corrected chi connectivity index (χ4v) is 5.67. The van der Waals surface area contributed by atoms with Gasteiger partial charge in [0.1, 0.15) is 11.1 Å². The third-order valence-corrected chi connectivity index (χ3v) is 6.60. The molecule has 0 radical (unpaired) electrons. The van der Waals surface area contributed by atoms with E-state index < -0.39 is 11.1 Å². The Morgan fingerprint density at radius 3 is 1.86 bits per heavy atom. The van der Waals surface area contributed by atoms with E-state index in [1.54, 1.807) is 0 Å². The average molecular weight is 379 g/mol. The molecular weight excluding hydrogens is 344 g/mol. The van der Waals surface area contributed by atoms with Crippen LogP contribution >= 0.6 is 0 Å². The molecule has 150 valence electrons. The van der Waals surface area contributed by atoms with Crippen LogP contribution in [0.1, 0.15) is 40.5 Å². The van der Waals surface area contributed by atoms with E-state index in [-0.39, 0.29) is 17.1 Å². The zero-order valence-electron chi connectivity index (χ0n) is 17.9. The van der Waals surface area contributed by atoms with E-state index in [9.17, 15) is 0 Å². The molecule has 0 bridgehead atoms. The monoisotopic (exact) mass is 378 g/mol. The number of hydrogen-bond acceptors (Lipinski definition) is 4. The smallest absolute Gasteiger partial charge is 0.127 e. The molecule has 1 unspecified atom stereocenters. The van der Waals surface area contributed by atoms with E-state index in [1.165, 1.54) is 0 Å². The molecular formula is C24H34N4. The van der Waals surface area contributed by atoms with Crippen molar-refractivity contribution in [2.75, 3.05) is 0 Å². The fraction of sp³-hybridized carbons (Fsp3) is 0.458. The molecule has 2 N–H and O–H groups in total. The van der Waals surface area contributed by atoms with Gasteiger partial charge in [-0.15, -0.1) is 19.7 Å². The molecule has 4 nitrogen and oxygen atoms in total. The van der Waals surface area contributed by atoms with Crippen LogP contribution in [0.2, 0.25) is 0 Å². The zero-order valence-corrected chi connectivity index (χ0v) is 17.9. The Morgan fingerprint density at radius 1 is 0.929 bits per heavy atom. The van der Waals surface area contributed by atoms with Crippen LogP contribution < -0.4 is 5.32 Å². The van der Waals surface area contributed by atoms with Gasteiger partial charge in [-0.1, -0.05) is 38.0 Å². The highest BCUT2D eigenvalue weighted by Gasteiger charge is 2.67. The van der Waals surface area contributed by atoms with Gasteiger partial charge in [-0.2, -0.15) is 5.01 Å². The van der Waals surface area contributed by atoms with Crippen molar-refractivity contribution >= 4 is 5.71 Å². The van der Waals surface area contributed by atoms with Crippen molar-refractivity contribution in [3.63, 3.8) is 0 Å². The molecule has 0 aromatic carbocycles. The van der Waals surface area contributed by atoms with Crippen LogP contribution in [0.5, 0.6) is 0 Å². The van der Waals surface area contributed by atoms with Gasteiger partial charge < -0.3 is 15.7 Å². The second-order valence-electron chi connectivity index (χ2n) is 9.59. The fourth-order valence-electron chi connectivity index (χ4n) is 5.67. The maximum atomic E-state index is 8.63. The minimum Gasteiger partial charge on any atom is -0.307 e. The molecule has 0 aromatic rings. The van der Waals surface area contributed by atoms with Gasteiger partial charge in [0, 0.05) is 28.3 Å². The Morgan fingerprint density at radius 2 is 1.43 bits per heavy atom. The Hall–Kier alpha value is -2.17. The lowest BCUT2D eigenvalue weighted by atomic mass is 9.65. The van der Waals surface area contributed by atoms with Crippen molar-refractivity contribution in [1.29, 1.82) is 5.41 Å². The molecule has 0 amide bonds. The maximum Gasteiger partial charge on any atom is 0.127 e. The Labute approximate surface area is 170 Å². The summed E-state index contributed by atoms with van der Waals surface area (Å²) in [6.45, 7) is 34.1. The average Bonchev–Trinajstić information content (AvgIpc) is 2.58. The second kappa shape index (κ2) is 5.91. The molecule has 0 spiro atoms. The molecule has 3 aliphatic heterocycles. The molecule has 3 heterocycles. The number of rotatable bonds is 4. The van der Waals surface area contributed by atoms with Crippen molar-refractivity contribution < 1.29 is 0 Å². The van der Waals surface area contributed by atoms with Crippen LogP contribution in [0.25, 0.3) is 0 Å². The van der Waals surface area contributed by atoms with Gasteiger partial charge in [0.15, 0.2) is 0 Å². The summed E-state index contributed by atoms with van der Waals surface area (Å²) in [7, 11) is 0. The number of piperidine rings is 2. The summed E-state index contributed by atoms with van der Waals surface area (Å²) in [4.78, 5) is 0. The van der Waals surface area contributed by atoms with E-state index in [0.29, 0.717) is 16.9 Å². The van der Waals surface area contributed by atoms with E-state index in [2.05, 4.69) is 82.5 Å². The van der Waals surface area contributed by atoms with Gasteiger partial charge in [0.05, 0.1) is 11.4 Å².